The normalized spacial score (nSPS) is 9.62. The summed E-state index contributed by atoms with van der Waals surface area (Å²) in [7, 11) is 0. The van der Waals surface area contributed by atoms with Gasteiger partial charge in [0.1, 0.15) is 0 Å². The first-order valence-electron chi connectivity index (χ1n) is 3.93. The Balaban J connectivity index is 3.22. The molecule has 0 spiro atoms. The Kier molecular flexibility index (Phi) is 7.42. The van der Waals surface area contributed by atoms with Crippen molar-refractivity contribution in [2.75, 3.05) is 18.1 Å². The molecule has 76 valence electrons. The molecule has 3 N–H and O–H groups in total. The number of hydroxylamine groups is 1. The molecule has 2 amide bonds. The maximum absolute atomic E-state index is 10.9. The van der Waals surface area contributed by atoms with Crippen LogP contribution in [-0.4, -0.2) is 29.9 Å². The van der Waals surface area contributed by atoms with Crippen molar-refractivity contribution in [1.82, 2.24) is 5.48 Å². The number of carbonyl (C=O) groups excluding carboxylic acids is 2. The van der Waals surface area contributed by atoms with Crippen molar-refractivity contribution in [1.29, 1.82) is 0 Å². The first-order valence-corrected chi connectivity index (χ1v) is 5.09. The van der Waals surface area contributed by atoms with E-state index in [9.17, 15) is 9.59 Å². The Labute approximate surface area is 81.3 Å². The zero-order valence-corrected chi connectivity index (χ0v) is 8.36. The van der Waals surface area contributed by atoms with Crippen LogP contribution in [0.25, 0.3) is 0 Å². The molecule has 0 unspecified atom stereocenters. The monoisotopic (exact) mass is 206 g/mol. The smallest absolute Gasteiger partial charge is 0.244 e. The number of amides is 2. The molecular weight excluding hydrogens is 192 g/mol. The second-order valence-electron chi connectivity index (χ2n) is 2.23. The molecule has 0 aromatic rings. The standard InChI is InChI=1S/C7H14N2O3S/c1-2-12-9-7(11)3-4-13-5-6(8)10/h2-5H2,1H3,(H2,8,10)(H,9,11). The maximum Gasteiger partial charge on any atom is 0.244 e. The summed E-state index contributed by atoms with van der Waals surface area (Å²) in [5, 5.41) is 0. The van der Waals surface area contributed by atoms with Crippen molar-refractivity contribution >= 4 is 23.6 Å². The summed E-state index contributed by atoms with van der Waals surface area (Å²) in [6.45, 7) is 2.22. The van der Waals surface area contributed by atoms with E-state index in [2.05, 4.69) is 10.3 Å². The molecule has 0 saturated heterocycles. The highest BCUT2D eigenvalue weighted by molar-refractivity contribution is 7.99. The number of primary amides is 1. The van der Waals surface area contributed by atoms with Crippen LogP contribution >= 0.6 is 11.8 Å². The lowest BCUT2D eigenvalue weighted by atomic mass is 10.5. The topological polar surface area (TPSA) is 81.4 Å². The highest BCUT2D eigenvalue weighted by Crippen LogP contribution is 2.00. The number of carbonyl (C=O) groups is 2. The molecule has 0 aromatic heterocycles. The molecule has 6 heteroatoms. The van der Waals surface area contributed by atoms with Gasteiger partial charge in [0.2, 0.25) is 11.8 Å². The van der Waals surface area contributed by atoms with Crippen LogP contribution in [0.2, 0.25) is 0 Å². The van der Waals surface area contributed by atoms with E-state index in [1.807, 2.05) is 0 Å². The zero-order valence-electron chi connectivity index (χ0n) is 7.54. The molecule has 0 heterocycles. The number of thioether (sulfide) groups is 1. The third-order valence-corrected chi connectivity index (χ3v) is 2.03. The fourth-order valence-corrected chi connectivity index (χ4v) is 1.22. The number of hydrogen-bond acceptors (Lipinski definition) is 4. The van der Waals surface area contributed by atoms with Crippen LogP contribution in [-0.2, 0) is 14.4 Å². The molecule has 0 aliphatic heterocycles. The minimum Gasteiger partial charge on any atom is -0.369 e. The van der Waals surface area contributed by atoms with E-state index in [1.54, 1.807) is 6.92 Å². The summed E-state index contributed by atoms with van der Waals surface area (Å²) in [4.78, 5) is 25.8. The summed E-state index contributed by atoms with van der Waals surface area (Å²) < 4.78 is 0. The van der Waals surface area contributed by atoms with Gasteiger partial charge in [0.25, 0.3) is 0 Å². The summed E-state index contributed by atoms with van der Waals surface area (Å²) in [6.07, 6.45) is 0.331. The van der Waals surface area contributed by atoms with Crippen molar-refractivity contribution < 1.29 is 14.4 Å². The van der Waals surface area contributed by atoms with Gasteiger partial charge in [0.15, 0.2) is 0 Å². The summed E-state index contributed by atoms with van der Waals surface area (Å²) >= 11 is 1.33. The Morgan fingerprint density at radius 2 is 2.23 bits per heavy atom. The van der Waals surface area contributed by atoms with Gasteiger partial charge in [-0.2, -0.15) is 11.8 Å². The fraction of sp³-hybridized carbons (Fsp3) is 0.714. The highest BCUT2D eigenvalue weighted by Gasteiger charge is 2.01. The minimum atomic E-state index is -0.366. The third-order valence-electron chi connectivity index (χ3n) is 1.05. The Morgan fingerprint density at radius 1 is 1.54 bits per heavy atom. The van der Waals surface area contributed by atoms with Crippen molar-refractivity contribution in [3.63, 3.8) is 0 Å². The second-order valence-corrected chi connectivity index (χ2v) is 3.33. The molecule has 0 aliphatic rings. The van der Waals surface area contributed by atoms with Crippen LogP contribution in [0.5, 0.6) is 0 Å². The van der Waals surface area contributed by atoms with Gasteiger partial charge in [-0.3, -0.25) is 14.4 Å². The summed E-state index contributed by atoms with van der Waals surface area (Å²) in [6, 6.07) is 0. The fourth-order valence-electron chi connectivity index (χ4n) is 0.541. The van der Waals surface area contributed by atoms with E-state index in [0.717, 1.165) is 0 Å². The lowest BCUT2D eigenvalue weighted by Crippen LogP contribution is -2.24. The number of hydrogen-bond donors (Lipinski definition) is 2. The average molecular weight is 206 g/mol. The number of nitrogens with two attached hydrogens (primary N) is 1. The maximum atomic E-state index is 10.9. The molecule has 0 aliphatic carbocycles. The van der Waals surface area contributed by atoms with Gasteiger partial charge in [0, 0.05) is 12.2 Å². The van der Waals surface area contributed by atoms with Gasteiger partial charge in [-0.25, -0.2) is 5.48 Å². The van der Waals surface area contributed by atoms with E-state index in [1.165, 1.54) is 11.8 Å². The van der Waals surface area contributed by atoms with Crippen LogP contribution in [0.4, 0.5) is 0 Å². The number of nitrogens with one attached hydrogen (secondary N) is 1. The molecule has 0 bridgehead atoms. The first kappa shape index (κ1) is 12.2. The van der Waals surface area contributed by atoms with E-state index >= 15 is 0 Å². The third kappa shape index (κ3) is 9.16. The van der Waals surface area contributed by atoms with Crippen molar-refractivity contribution in [3.05, 3.63) is 0 Å². The van der Waals surface area contributed by atoms with E-state index in [-0.39, 0.29) is 17.6 Å². The van der Waals surface area contributed by atoms with E-state index < -0.39 is 0 Å². The van der Waals surface area contributed by atoms with Crippen molar-refractivity contribution in [2.24, 2.45) is 5.73 Å². The molecule has 0 atom stereocenters. The predicted octanol–water partition coefficient (Wildman–Crippen LogP) is -0.337. The molecule has 0 aromatic carbocycles. The molecule has 13 heavy (non-hydrogen) atoms. The molecule has 0 fully saturated rings. The highest BCUT2D eigenvalue weighted by atomic mass is 32.2. The predicted molar refractivity (Wildman–Crippen MR) is 50.9 cm³/mol. The zero-order chi connectivity index (χ0) is 10.1. The van der Waals surface area contributed by atoms with Crippen LogP contribution in [0.15, 0.2) is 0 Å². The van der Waals surface area contributed by atoms with Gasteiger partial charge < -0.3 is 5.73 Å². The summed E-state index contributed by atoms with van der Waals surface area (Å²) in [5.74, 6) is 0.276. The second kappa shape index (κ2) is 7.88. The lowest BCUT2D eigenvalue weighted by molar-refractivity contribution is -0.132. The Bertz CT molecular complexity index is 175. The van der Waals surface area contributed by atoms with Gasteiger partial charge in [0.05, 0.1) is 12.4 Å². The molecule has 5 nitrogen and oxygen atoms in total. The van der Waals surface area contributed by atoms with E-state index in [4.69, 9.17) is 5.73 Å². The van der Waals surface area contributed by atoms with Crippen LogP contribution in [0, 0.1) is 0 Å². The van der Waals surface area contributed by atoms with Crippen LogP contribution < -0.4 is 11.2 Å². The average Bonchev–Trinajstić information content (AvgIpc) is 2.08. The van der Waals surface area contributed by atoms with Crippen LogP contribution in [0.1, 0.15) is 13.3 Å². The molecular formula is C7H14N2O3S. The largest absolute Gasteiger partial charge is 0.369 e. The van der Waals surface area contributed by atoms with Gasteiger partial charge in [-0.1, -0.05) is 0 Å². The minimum absolute atomic E-state index is 0.182. The van der Waals surface area contributed by atoms with Crippen molar-refractivity contribution in [2.45, 2.75) is 13.3 Å². The van der Waals surface area contributed by atoms with Crippen LogP contribution in [0.3, 0.4) is 0 Å². The molecule has 0 rings (SSSR count). The molecule has 0 saturated carbocycles. The number of rotatable bonds is 7. The quantitative estimate of drug-likeness (QED) is 0.441. The SMILES string of the molecule is CCONC(=O)CCSCC(N)=O. The van der Waals surface area contributed by atoms with Gasteiger partial charge in [-0.15, -0.1) is 0 Å². The van der Waals surface area contributed by atoms with Gasteiger partial charge in [-0.05, 0) is 6.92 Å². The first-order chi connectivity index (χ1) is 6.16. The Hall–Kier alpha value is -0.750. The lowest BCUT2D eigenvalue weighted by Gasteiger charge is -2.02. The molecule has 0 radical (unpaired) electrons. The summed E-state index contributed by atoms with van der Waals surface area (Å²) in [5.41, 5.74) is 7.16. The van der Waals surface area contributed by atoms with E-state index in [0.29, 0.717) is 18.8 Å². The van der Waals surface area contributed by atoms with Crippen molar-refractivity contribution in [3.8, 4) is 0 Å². The Morgan fingerprint density at radius 3 is 2.77 bits per heavy atom. The van der Waals surface area contributed by atoms with Gasteiger partial charge >= 0.3 is 0 Å².